The van der Waals surface area contributed by atoms with Gasteiger partial charge in [-0.3, -0.25) is 0 Å². The lowest BCUT2D eigenvalue weighted by Crippen LogP contribution is -2.42. The summed E-state index contributed by atoms with van der Waals surface area (Å²) in [6.45, 7) is 11.3. The van der Waals surface area contributed by atoms with Crippen LogP contribution in [0.4, 0.5) is 0 Å². The number of benzene rings is 4. The Morgan fingerprint density at radius 3 is 1.16 bits per heavy atom. The second-order valence-corrected chi connectivity index (χ2v) is 11.6. The van der Waals surface area contributed by atoms with Gasteiger partial charge >= 0.3 is 0 Å². The van der Waals surface area contributed by atoms with E-state index in [0.717, 1.165) is 17.4 Å². The van der Waals surface area contributed by atoms with E-state index in [-0.39, 0.29) is 5.92 Å². The van der Waals surface area contributed by atoms with Gasteiger partial charge in [-0.15, -0.1) is 0 Å². The van der Waals surface area contributed by atoms with Crippen molar-refractivity contribution in [1.29, 1.82) is 0 Å². The number of piperazine rings is 1. The van der Waals surface area contributed by atoms with Crippen molar-refractivity contribution in [2.24, 2.45) is 0 Å². The van der Waals surface area contributed by atoms with E-state index >= 15 is 0 Å². The first-order valence-electron chi connectivity index (χ1n) is 16.5. The molecule has 2 aliphatic rings. The Kier molecular flexibility index (Phi) is 16.0. The maximum Gasteiger partial charge on any atom is 0.131 e. The maximum absolute atomic E-state index is 11.1. The lowest BCUT2D eigenvalue weighted by Gasteiger charge is -2.28. The van der Waals surface area contributed by atoms with E-state index in [9.17, 15) is 4.79 Å². The van der Waals surface area contributed by atoms with Gasteiger partial charge in [-0.05, 0) is 61.8 Å². The van der Waals surface area contributed by atoms with Crippen LogP contribution in [0.15, 0.2) is 127 Å². The molecule has 4 nitrogen and oxygen atoms in total. The van der Waals surface area contributed by atoms with E-state index in [0.29, 0.717) is 0 Å². The van der Waals surface area contributed by atoms with Gasteiger partial charge in [-0.2, -0.15) is 0 Å². The monoisotopic (exact) mass is 603 g/mol. The van der Waals surface area contributed by atoms with E-state index in [1.807, 2.05) is 74.5 Å². The number of likely N-dealkylation sites (tertiary alicyclic amines) is 1. The fraction of sp³-hybridized carbons (Fsp3) is 0.341. The van der Waals surface area contributed by atoms with Gasteiger partial charge in [0, 0.05) is 39.3 Å². The molecule has 4 aromatic carbocycles. The highest BCUT2D eigenvalue weighted by Gasteiger charge is 2.16. The van der Waals surface area contributed by atoms with Crippen LogP contribution in [0.1, 0.15) is 54.9 Å². The second kappa shape index (κ2) is 20.2. The number of carbonyl (C=O) groups excluding carboxylic acids is 1. The first kappa shape index (κ1) is 35.6. The lowest BCUT2D eigenvalue weighted by atomic mass is 9.88. The molecule has 4 aromatic rings. The molecule has 0 saturated carbocycles. The van der Waals surface area contributed by atoms with Gasteiger partial charge in [0.25, 0.3) is 0 Å². The molecular weight excluding hydrogens is 550 g/mol. The predicted octanol–water partition coefficient (Wildman–Crippen LogP) is 8.12. The van der Waals surface area contributed by atoms with Crippen molar-refractivity contribution >= 4 is 11.9 Å². The summed E-state index contributed by atoms with van der Waals surface area (Å²) >= 11 is 0. The molecule has 6 rings (SSSR count). The van der Waals surface area contributed by atoms with Crippen LogP contribution in [-0.2, 0) is 4.79 Å². The van der Waals surface area contributed by atoms with Crippen LogP contribution in [0.5, 0.6) is 0 Å². The number of hydrogen-bond donors (Lipinski definition) is 0. The topological polar surface area (TPSA) is 26.8 Å². The zero-order chi connectivity index (χ0) is 32.3. The Morgan fingerprint density at radius 2 is 0.822 bits per heavy atom. The fourth-order valence-electron chi connectivity index (χ4n) is 5.50. The van der Waals surface area contributed by atoms with Crippen LogP contribution in [-0.4, -0.2) is 81.4 Å². The molecule has 0 bridgehead atoms. The predicted molar refractivity (Wildman–Crippen MR) is 193 cm³/mol. The maximum atomic E-state index is 11.1. The van der Waals surface area contributed by atoms with Gasteiger partial charge in [0.15, 0.2) is 0 Å². The molecule has 0 amide bonds. The number of rotatable bonds is 5. The highest BCUT2D eigenvalue weighted by atomic mass is 16.1. The molecule has 0 aromatic heterocycles. The van der Waals surface area contributed by atoms with Crippen molar-refractivity contribution in [1.82, 2.24) is 14.7 Å². The van der Waals surface area contributed by atoms with E-state index < -0.39 is 0 Å². The second-order valence-electron chi connectivity index (χ2n) is 11.6. The summed E-state index contributed by atoms with van der Waals surface area (Å²) in [5.41, 5.74) is 7.81. The van der Waals surface area contributed by atoms with Crippen LogP contribution in [0.2, 0.25) is 0 Å². The fourth-order valence-corrected chi connectivity index (χ4v) is 5.50. The molecule has 0 unspecified atom stereocenters. The largest absolute Gasteiger partial charge is 0.306 e. The molecule has 0 aliphatic carbocycles. The molecule has 2 aliphatic heterocycles. The normalized spacial score (nSPS) is 15.4. The molecule has 0 N–H and O–H groups in total. The van der Waals surface area contributed by atoms with Gasteiger partial charge in [0.1, 0.15) is 6.29 Å². The average Bonchev–Trinajstić information content (AvgIpc) is 3.11. The van der Waals surface area contributed by atoms with Crippen LogP contribution in [0, 0.1) is 0 Å². The Morgan fingerprint density at radius 1 is 0.511 bits per heavy atom. The summed E-state index contributed by atoms with van der Waals surface area (Å²) in [6, 6.07) is 41.3. The third kappa shape index (κ3) is 11.9. The van der Waals surface area contributed by atoms with Crippen molar-refractivity contribution in [2.45, 2.75) is 32.6 Å². The minimum absolute atomic E-state index is 0.146. The third-order valence-electron chi connectivity index (χ3n) is 8.25. The molecule has 45 heavy (non-hydrogen) atoms. The van der Waals surface area contributed by atoms with Gasteiger partial charge < -0.3 is 19.5 Å². The van der Waals surface area contributed by atoms with Crippen molar-refractivity contribution in [3.05, 3.63) is 149 Å². The Hall–Kier alpha value is -3.83. The molecule has 4 heteroatoms. The van der Waals surface area contributed by atoms with E-state index in [4.69, 9.17) is 0 Å². The first-order chi connectivity index (χ1) is 22.0. The van der Waals surface area contributed by atoms with Gasteiger partial charge in [0.2, 0.25) is 0 Å². The molecule has 2 fully saturated rings. The number of likely N-dealkylation sites (N-methyl/N-ethyl adjacent to an activating group) is 2. The zero-order valence-corrected chi connectivity index (χ0v) is 28.1. The van der Waals surface area contributed by atoms with E-state index in [1.54, 1.807) is 5.57 Å². The van der Waals surface area contributed by atoms with E-state index in [1.165, 1.54) is 68.8 Å². The molecular formula is C41H53N3O. The van der Waals surface area contributed by atoms with Crippen LogP contribution in [0.25, 0.3) is 5.57 Å². The van der Waals surface area contributed by atoms with Crippen molar-refractivity contribution in [2.75, 3.05) is 60.4 Å². The highest BCUT2D eigenvalue weighted by Crippen LogP contribution is 2.31. The van der Waals surface area contributed by atoms with Crippen LogP contribution < -0.4 is 0 Å². The number of aldehydes is 1. The van der Waals surface area contributed by atoms with Crippen LogP contribution >= 0.6 is 0 Å². The molecule has 0 radical (unpaired) electrons. The van der Waals surface area contributed by atoms with Gasteiger partial charge in [0.05, 0.1) is 5.92 Å². The quantitative estimate of drug-likeness (QED) is 0.215. The average molecular weight is 604 g/mol. The summed E-state index contributed by atoms with van der Waals surface area (Å²) in [6.07, 6.45) is 3.34. The molecule has 2 heterocycles. The minimum atomic E-state index is -0.146. The smallest absolute Gasteiger partial charge is 0.131 e. The molecule has 0 atom stereocenters. The highest BCUT2D eigenvalue weighted by molar-refractivity contribution is 5.82. The summed E-state index contributed by atoms with van der Waals surface area (Å²) in [7, 11) is 6.56. The summed E-state index contributed by atoms with van der Waals surface area (Å²) in [5.74, 6) is -0.146. The Labute approximate surface area is 273 Å². The number of hydrogen-bond acceptors (Lipinski definition) is 4. The van der Waals surface area contributed by atoms with Gasteiger partial charge in [-0.1, -0.05) is 141 Å². The summed E-state index contributed by atoms with van der Waals surface area (Å²) in [4.78, 5) is 18.2. The van der Waals surface area contributed by atoms with Crippen molar-refractivity contribution in [3.8, 4) is 0 Å². The number of carbonyl (C=O) groups is 1. The standard InChI is InChI=1S/C19H21N.C14H12O.C6H14N2.C2H6/c1-20-14-12-18(13-15-20)19(16-8-4-2-5-9-16)17-10-6-3-7-11-17;15-11-14(12-7-3-1-4-8-12)13-9-5-2-6-10-13;1-7-3-5-8(2)6-4-7;1-2/h2-11H,12-15H2,1H3;1-11,14H;3-6H2,1-2H3;1-2H3. The Balaban J connectivity index is 0.000000194. The molecule has 0 spiro atoms. The number of piperidine rings is 1. The van der Waals surface area contributed by atoms with Gasteiger partial charge in [-0.25, -0.2) is 0 Å². The SMILES string of the molecule is CC.CN1CCC(=C(c2ccccc2)c2ccccc2)CC1.CN1CCN(C)CC1.O=CC(c1ccccc1)c1ccccc1. The minimum Gasteiger partial charge on any atom is -0.306 e. The van der Waals surface area contributed by atoms with Crippen LogP contribution in [0.3, 0.4) is 0 Å². The van der Waals surface area contributed by atoms with Crippen molar-refractivity contribution in [3.63, 3.8) is 0 Å². The summed E-state index contributed by atoms with van der Waals surface area (Å²) < 4.78 is 0. The summed E-state index contributed by atoms with van der Waals surface area (Å²) in [5, 5.41) is 0. The zero-order valence-electron chi connectivity index (χ0n) is 28.1. The first-order valence-corrected chi connectivity index (χ1v) is 16.5. The van der Waals surface area contributed by atoms with E-state index in [2.05, 4.69) is 96.5 Å². The Bertz CT molecular complexity index is 1260. The molecule has 238 valence electrons. The van der Waals surface area contributed by atoms with Crippen molar-refractivity contribution < 1.29 is 4.79 Å². The lowest BCUT2D eigenvalue weighted by molar-refractivity contribution is -0.108. The third-order valence-corrected chi connectivity index (χ3v) is 8.25. The molecule has 2 saturated heterocycles. The number of nitrogens with zero attached hydrogens (tertiary/aromatic N) is 3.